The van der Waals surface area contributed by atoms with Crippen LogP contribution in [0.15, 0.2) is 43.0 Å². The summed E-state index contributed by atoms with van der Waals surface area (Å²) in [5.41, 5.74) is 3.59. The van der Waals surface area contributed by atoms with E-state index in [2.05, 4.69) is 53.4 Å². The number of rotatable bonds is 3. The second kappa shape index (κ2) is 8.25. The van der Waals surface area contributed by atoms with E-state index in [1.807, 2.05) is 36.0 Å². The monoisotopic (exact) mass is 459 g/mol. The molecule has 0 saturated heterocycles. The highest BCUT2D eigenvalue weighted by atomic mass is 16.5. The van der Waals surface area contributed by atoms with Crippen molar-refractivity contribution in [3.63, 3.8) is 0 Å². The molecule has 4 heterocycles. The van der Waals surface area contributed by atoms with E-state index in [-0.39, 0.29) is 11.6 Å². The first kappa shape index (κ1) is 22.1. The Kier molecular flexibility index (Phi) is 5.36. The largest absolute Gasteiger partial charge is 0.438 e. The first-order valence-electron chi connectivity index (χ1n) is 11.4. The molecular formula is C25H29N7O2. The van der Waals surface area contributed by atoms with Gasteiger partial charge < -0.3 is 10.1 Å². The lowest BCUT2D eigenvalue weighted by Gasteiger charge is -2.23. The summed E-state index contributed by atoms with van der Waals surface area (Å²) in [5.74, 6) is 1.81. The van der Waals surface area contributed by atoms with Crippen LogP contribution in [0, 0.1) is 6.92 Å². The van der Waals surface area contributed by atoms with Gasteiger partial charge in [0, 0.05) is 47.6 Å². The predicted octanol–water partition coefficient (Wildman–Crippen LogP) is 4.60. The van der Waals surface area contributed by atoms with Crippen molar-refractivity contribution in [1.82, 2.24) is 29.6 Å². The Morgan fingerprint density at radius 2 is 2.00 bits per heavy atom. The number of amides is 1. The van der Waals surface area contributed by atoms with Crippen LogP contribution >= 0.6 is 0 Å². The Morgan fingerprint density at radius 3 is 2.76 bits per heavy atom. The van der Waals surface area contributed by atoms with Crippen LogP contribution in [0.3, 0.4) is 0 Å². The number of nitrogens with one attached hydrogen (secondary N) is 2. The minimum Gasteiger partial charge on any atom is -0.438 e. The van der Waals surface area contributed by atoms with Crippen molar-refractivity contribution in [3.8, 4) is 11.6 Å². The van der Waals surface area contributed by atoms with Crippen LogP contribution in [0.25, 0.3) is 10.9 Å². The first-order valence-corrected chi connectivity index (χ1v) is 11.4. The molecule has 0 spiro atoms. The van der Waals surface area contributed by atoms with E-state index in [0.717, 1.165) is 34.1 Å². The molecular weight excluding hydrogens is 430 g/mol. The number of aromatic nitrogens is 5. The van der Waals surface area contributed by atoms with Gasteiger partial charge in [-0.3, -0.25) is 14.6 Å². The topological polar surface area (TPSA) is 98.9 Å². The van der Waals surface area contributed by atoms with Gasteiger partial charge in [0.05, 0.1) is 16.7 Å². The molecule has 3 aromatic heterocycles. The Balaban J connectivity index is 1.41. The molecule has 5 rings (SSSR count). The maximum atomic E-state index is 13.0. The number of ether oxygens (including phenoxy) is 1. The zero-order valence-electron chi connectivity index (χ0n) is 20.1. The van der Waals surface area contributed by atoms with Crippen molar-refractivity contribution in [2.75, 3.05) is 5.32 Å². The Morgan fingerprint density at radius 1 is 1.18 bits per heavy atom. The van der Waals surface area contributed by atoms with Crippen LogP contribution in [0.5, 0.6) is 11.6 Å². The van der Waals surface area contributed by atoms with Crippen LogP contribution in [0.1, 0.15) is 44.5 Å². The van der Waals surface area contributed by atoms with Crippen LogP contribution in [-0.2, 0) is 18.5 Å². The highest BCUT2D eigenvalue weighted by Gasteiger charge is 2.22. The van der Waals surface area contributed by atoms with Gasteiger partial charge in [-0.2, -0.15) is 5.10 Å². The van der Waals surface area contributed by atoms with Crippen molar-refractivity contribution < 1.29 is 9.53 Å². The maximum Gasteiger partial charge on any atom is 0.331 e. The second-order valence-electron chi connectivity index (χ2n) is 9.75. The molecule has 0 fully saturated rings. The Hall–Kier alpha value is -3.72. The van der Waals surface area contributed by atoms with Gasteiger partial charge in [-0.25, -0.2) is 14.8 Å². The molecule has 0 bridgehead atoms. The molecule has 2 N–H and O–H groups in total. The molecule has 1 amide bonds. The van der Waals surface area contributed by atoms with Gasteiger partial charge in [0.15, 0.2) is 5.82 Å². The number of aryl methyl sites for hydroxylation is 1. The number of carbonyl (C=O) groups excluding carboxylic acids is 1. The molecule has 0 radical (unpaired) electrons. The summed E-state index contributed by atoms with van der Waals surface area (Å²) in [7, 11) is 0. The van der Waals surface area contributed by atoms with E-state index >= 15 is 0 Å². The molecule has 34 heavy (non-hydrogen) atoms. The number of hydrogen-bond donors (Lipinski definition) is 2. The predicted molar refractivity (Wildman–Crippen MR) is 130 cm³/mol. The lowest BCUT2D eigenvalue weighted by molar-refractivity contribution is 0.254. The van der Waals surface area contributed by atoms with E-state index in [1.165, 1.54) is 0 Å². The third kappa shape index (κ3) is 4.03. The summed E-state index contributed by atoms with van der Waals surface area (Å²) in [4.78, 5) is 21.8. The van der Waals surface area contributed by atoms with E-state index in [9.17, 15) is 4.79 Å². The summed E-state index contributed by atoms with van der Waals surface area (Å²) >= 11 is 0. The van der Waals surface area contributed by atoms with Gasteiger partial charge in [-0.1, -0.05) is 0 Å². The zero-order valence-corrected chi connectivity index (χ0v) is 20.1. The number of fused-ring (bicyclic) bond motifs is 2. The summed E-state index contributed by atoms with van der Waals surface area (Å²) in [6.07, 6.45) is 5.98. The van der Waals surface area contributed by atoms with Crippen LogP contribution in [0.4, 0.5) is 10.6 Å². The number of nitrogens with zero attached hydrogens (tertiary/aromatic N) is 5. The first-order chi connectivity index (χ1) is 16.2. The number of benzene rings is 1. The molecule has 1 unspecified atom stereocenters. The van der Waals surface area contributed by atoms with Crippen molar-refractivity contribution in [3.05, 3.63) is 59.8 Å². The number of hydrogen-bond acceptors (Lipinski definition) is 6. The van der Waals surface area contributed by atoms with Crippen molar-refractivity contribution in [1.29, 1.82) is 0 Å². The quantitative estimate of drug-likeness (QED) is 0.465. The van der Waals surface area contributed by atoms with Crippen LogP contribution in [-0.4, -0.2) is 36.4 Å². The molecule has 0 aliphatic carbocycles. The number of carbonyl (C=O) groups is 1. The molecule has 4 aromatic rings. The Labute approximate surface area is 198 Å². The lowest BCUT2D eigenvalue weighted by Crippen LogP contribution is -2.33. The smallest absolute Gasteiger partial charge is 0.331 e. The fourth-order valence-corrected chi connectivity index (χ4v) is 4.19. The fraction of sp³-hybridized carbons (Fsp3) is 0.360. The lowest BCUT2D eigenvalue weighted by atomic mass is 10.0. The SMILES string of the molecule is Cc1c(Oc2ncnc3c2CC(C)NC3)ccc2c1ccn2C(=O)Nc1ccn(C(C)(C)C)n1. The van der Waals surface area contributed by atoms with Crippen molar-refractivity contribution in [2.24, 2.45) is 0 Å². The Bertz CT molecular complexity index is 1380. The standard InChI is InChI=1S/C25H29N7O2/c1-15-12-18-19(13-26-15)27-14-28-23(18)34-21-7-6-20-17(16(21)2)8-10-31(20)24(33)29-22-9-11-32(30-22)25(3,4)5/h6-11,14-15,26H,12-13H2,1-5H3,(H,29,30,33). The summed E-state index contributed by atoms with van der Waals surface area (Å²) < 4.78 is 9.67. The van der Waals surface area contributed by atoms with Gasteiger partial charge >= 0.3 is 6.03 Å². The minimum absolute atomic E-state index is 0.159. The third-order valence-electron chi connectivity index (χ3n) is 6.15. The summed E-state index contributed by atoms with van der Waals surface area (Å²) in [6, 6.07) is 7.56. The van der Waals surface area contributed by atoms with Crippen molar-refractivity contribution >= 4 is 22.8 Å². The second-order valence-corrected chi connectivity index (χ2v) is 9.75. The van der Waals surface area contributed by atoms with Crippen LogP contribution in [0.2, 0.25) is 0 Å². The number of anilines is 1. The molecule has 1 aliphatic heterocycles. The van der Waals surface area contributed by atoms with Gasteiger partial charge in [0.2, 0.25) is 5.88 Å². The summed E-state index contributed by atoms with van der Waals surface area (Å²) in [6.45, 7) is 11.0. The normalized spacial score (nSPS) is 15.9. The van der Waals surface area contributed by atoms with E-state index in [4.69, 9.17) is 4.74 Å². The molecule has 0 saturated carbocycles. The third-order valence-corrected chi connectivity index (χ3v) is 6.15. The molecule has 9 heteroatoms. The van der Waals surface area contributed by atoms with Gasteiger partial charge in [-0.05, 0) is 59.2 Å². The van der Waals surface area contributed by atoms with Crippen LogP contribution < -0.4 is 15.4 Å². The highest BCUT2D eigenvalue weighted by Crippen LogP contribution is 2.33. The zero-order chi connectivity index (χ0) is 24.0. The maximum absolute atomic E-state index is 13.0. The molecule has 176 valence electrons. The molecule has 1 aromatic carbocycles. The van der Waals surface area contributed by atoms with Gasteiger partial charge in [0.1, 0.15) is 12.1 Å². The van der Waals surface area contributed by atoms with Gasteiger partial charge in [0.25, 0.3) is 0 Å². The average molecular weight is 460 g/mol. The fourth-order valence-electron chi connectivity index (χ4n) is 4.19. The molecule has 1 atom stereocenters. The van der Waals surface area contributed by atoms with E-state index < -0.39 is 0 Å². The molecule has 9 nitrogen and oxygen atoms in total. The summed E-state index contributed by atoms with van der Waals surface area (Å²) in [5, 5.41) is 11.7. The highest BCUT2D eigenvalue weighted by molar-refractivity contribution is 5.99. The van der Waals surface area contributed by atoms with Gasteiger partial charge in [-0.15, -0.1) is 0 Å². The van der Waals surface area contributed by atoms with Crippen molar-refractivity contribution in [2.45, 2.75) is 59.2 Å². The molecule has 1 aliphatic rings. The van der Waals surface area contributed by atoms with E-state index in [1.54, 1.807) is 23.2 Å². The minimum atomic E-state index is -0.270. The van der Waals surface area contributed by atoms with E-state index in [0.29, 0.717) is 30.0 Å². The average Bonchev–Trinajstić information content (AvgIpc) is 3.43.